The first-order valence-electron chi connectivity index (χ1n) is 7.13. The number of anilines is 1. The van der Waals surface area contributed by atoms with Crippen LogP contribution in [-0.2, 0) is 10.2 Å². The molecule has 0 radical (unpaired) electrons. The molecule has 1 N–H and O–H groups in total. The van der Waals surface area contributed by atoms with Gasteiger partial charge in [0.25, 0.3) is 0 Å². The van der Waals surface area contributed by atoms with Gasteiger partial charge in [0.2, 0.25) is 5.91 Å². The van der Waals surface area contributed by atoms with Gasteiger partial charge in [0.05, 0.1) is 5.41 Å². The number of rotatable bonds is 3. The van der Waals surface area contributed by atoms with E-state index in [-0.39, 0.29) is 11.3 Å². The third-order valence-electron chi connectivity index (χ3n) is 4.19. The molecular weight excluding hydrogens is 266 g/mol. The summed E-state index contributed by atoms with van der Waals surface area (Å²) in [5.41, 5.74) is 1.79. The van der Waals surface area contributed by atoms with Crippen molar-refractivity contribution in [3.63, 3.8) is 0 Å². The highest BCUT2D eigenvalue weighted by Crippen LogP contribution is 2.43. The Bertz CT molecular complexity index is 580. The van der Waals surface area contributed by atoms with Crippen LogP contribution in [0.4, 0.5) is 5.69 Å². The minimum Gasteiger partial charge on any atom is -0.325 e. The summed E-state index contributed by atoms with van der Waals surface area (Å²) in [6.45, 7) is 2.05. The highest BCUT2D eigenvalue weighted by Gasteiger charge is 2.43. The van der Waals surface area contributed by atoms with E-state index in [9.17, 15) is 4.79 Å². The second-order valence-electron chi connectivity index (χ2n) is 5.59. The van der Waals surface area contributed by atoms with Crippen LogP contribution in [0.5, 0.6) is 0 Å². The van der Waals surface area contributed by atoms with Gasteiger partial charge in [-0.1, -0.05) is 36.6 Å². The highest BCUT2D eigenvalue weighted by molar-refractivity contribution is 7.10. The maximum absolute atomic E-state index is 12.8. The molecule has 0 bridgehead atoms. The van der Waals surface area contributed by atoms with Crippen molar-refractivity contribution in [1.29, 1.82) is 0 Å². The maximum Gasteiger partial charge on any atom is 0.235 e. The molecule has 0 spiro atoms. The van der Waals surface area contributed by atoms with Crippen LogP contribution >= 0.6 is 11.3 Å². The first-order chi connectivity index (χ1) is 9.71. The quantitative estimate of drug-likeness (QED) is 0.883. The van der Waals surface area contributed by atoms with E-state index in [2.05, 4.69) is 23.7 Å². The van der Waals surface area contributed by atoms with E-state index in [1.54, 1.807) is 11.3 Å². The summed E-state index contributed by atoms with van der Waals surface area (Å²) < 4.78 is 0. The van der Waals surface area contributed by atoms with E-state index in [1.807, 2.05) is 30.3 Å². The van der Waals surface area contributed by atoms with Crippen molar-refractivity contribution < 1.29 is 4.79 Å². The van der Waals surface area contributed by atoms with Gasteiger partial charge >= 0.3 is 0 Å². The first kappa shape index (κ1) is 13.4. The number of carbonyl (C=O) groups excluding carboxylic acids is 1. The Morgan fingerprint density at radius 3 is 2.45 bits per heavy atom. The second-order valence-corrected chi connectivity index (χ2v) is 6.53. The van der Waals surface area contributed by atoms with Crippen molar-refractivity contribution in [1.82, 2.24) is 0 Å². The Hall–Kier alpha value is -1.61. The summed E-state index contributed by atoms with van der Waals surface area (Å²) >= 11 is 1.70. The lowest BCUT2D eigenvalue weighted by molar-refractivity contribution is -0.121. The van der Waals surface area contributed by atoms with Gasteiger partial charge in [0.1, 0.15) is 0 Å². The van der Waals surface area contributed by atoms with Crippen LogP contribution in [0, 0.1) is 6.92 Å². The summed E-state index contributed by atoms with van der Waals surface area (Å²) in [5.74, 6) is 0.154. The van der Waals surface area contributed by atoms with Crippen LogP contribution in [-0.4, -0.2) is 5.91 Å². The van der Waals surface area contributed by atoms with E-state index in [0.29, 0.717) is 0 Å². The van der Waals surface area contributed by atoms with Gasteiger partial charge in [0, 0.05) is 10.6 Å². The van der Waals surface area contributed by atoms with E-state index < -0.39 is 0 Å². The van der Waals surface area contributed by atoms with Crippen molar-refractivity contribution in [3.8, 4) is 0 Å². The predicted molar refractivity (Wildman–Crippen MR) is 84.3 cm³/mol. The molecule has 1 amide bonds. The van der Waals surface area contributed by atoms with Crippen LogP contribution in [0.1, 0.15) is 36.1 Å². The molecule has 1 aromatic heterocycles. The molecule has 0 saturated heterocycles. The lowest BCUT2D eigenvalue weighted by atomic mass is 9.83. The van der Waals surface area contributed by atoms with Crippen LogP contribution in [0.25, 0.3) is 0 Å². The molecule has 3 heteroatoms. The molecule has 1 heterocycles. The van der Waals surface area contributed by atoms with Crippen molar-refractivity contribution in [2.45, 2.75) is 38.0 Å². The van der Waals surface area contributed by atoms with Crippen molar-refractivity contribution in [2.24, 2.45) is 0 Å². The molecule has 20 heavy (non-hydrogen) atoms. The maximum atomic E-state index is 12.8. The highest BCUT2D eigenvalue weighted by atomic mass is 32.1. The van der Waals surface area contributed by atoms with Gasteiger partial charge in [-0.15, -0.1) is 11.3 Å². The Morgan fingerprint density at radius 1 is 1.15 bits per heavy atom. The molecule has 2 aromatic rings. The molecule has 0 atom stereocenters. The first-order valence-corrected chi connectivity index (χ1v) is 8.01. The number of carbonyl (C=O) groups is 1. The Labute approximate surface area is 123 Å². The Balaban J connectivity index is 1.85. The fourth-order valence-electron chi connectivity index (χ4n) is 3.00. The number of amides is 1. The molecule has 104 valence electrons. The third-order valence-corrected chi connectivity index (χ3v) is 5.27. The summed E-state index contributed by atoms with van der Waals surface area (Å²) in [6.07, 6.45) is 4.20. The van der Waals surface area contributed by atoms with Gasteiger partial charge in [-0.3, -0.25) is 4.79 Å². The topological polar surface area (TPSA) is 29.1 Å². The largest absolute Gasteiger partial charge is 0.325 e. The van der Waals surface area contributed by atoms with Crippen LogP contribution < -0.4 is 5.32 Å². The Morgan fingerprint density at radius 2 is 1.85 bits per heavy atom. The standard InChI is InChI=1S/C17H19NOS/c1-13-6-8-14(9-7-13)18-16(19)17(10-2-3-11-17)15-5-4-12-20-15/h4-9,12H,2-3,10-11H2,1H3,(H,18,19). The van der Waals surface area contributed by atoms with Crippen molar-refractivity contribution in [2.75, 3.05) is 5.32 Å². The molecule has 1 aliphatic rings. The zero-order chi connectivity index (χ0) is 14.0. The van der Waals surface area contributed by atoms with Gasteiger partial charge in [-0.05, 0) is 43.3 Å². The average Bonchev–Trinajstić information content (AvgIpc) is 3.12. The summed E-state index contributed by atoms with van der Waals surface area (Å²) in [4.78, 5) is 14.0. The van der Waals surface area contributed by atoms with Crippen molar-refractivity contribution >= 4 is 22.9 Å². The smallest absolute Gasteiger partial charge is 0.235 e. The SMILES string of the molecule is Cc1ccc(NC(=O)C2(c3cccs3)CCCC2)cc1. The number of nitrogens with one attached hydrogen (secondary N) is 1. The molecule has 2 nitrogen and oxygen atoms in total. The Kier molecular flexibility index (Phi) is 3.62. The molecule has 0 aliphatic heterocycles. The summed E-state index contributed by atoms with van der Waals surface area (Å²) in [6, 6.07) is 12.2. The summed E-state index contributed by atoms with van der Waals surface area (Å²) in [7, 11) is 0. The van der Waals surface area contributed by atoms with Gasteiger partial charge in [-0.2, -0.15) is 0 Å². The van der Waals surface area contributed by atoms with Crippen LogP contribution in [0.3, 0.4) is 0 Å². The van der Waals surface area contributed by atoms with Gasteiger partial charge in [-0.25, -0.2) is 0 Å². The van der Waals surface area contributed by atoms with Crippen LogP contribution in [0.2, 0.25) is 0 Å². The second kappa shape index (κ2) is 5.41. The van der Waals surface area contributed by atoms with Crippen LogP contribution in [0.15, 0.2) is 41.8 Å². The normalized spacial score (nSPS) is 17.1. The monoisotopic (exact) mass is 285 g/mol. The number of aryl methyl sites for hydroxylation is 1. The average molecular weight is 285 g/mol. The molecule has 1 saturated carbocycles. The summed E-state index contributed by atoms with van der Waals surface area (Å²) in [5, 5.41) is 5.17. The van der Waals surface area contributed by atoms with Gasteiger partial charge < -0.3 is 5.32 Å². The van der Waals surface area contributed by atoms with E-state index in [4.69, 9.17) is 0 Å². The molecule has 3 rings (SSSR count). The number of hydrogen-bond donors (Lipinski definition) is 1. The third kappa shape index (κ3) is 2.38. The fraction of sp³-hybridized carbons (Fsp3) is 0.353. The minimum absolute atomic E-state index is 0.154. The fourth-order valence-corrected chi connectivity index (χ4v) is 3.99. The van der Waals surface area contributed by atoms with Crippen molar-refractivity contribution in [3.05, 3.63) is 52.2 Å². The number of benzene rings is 1. The molecule has 1 fully saturated rings. The number of thiophene rings is 1. The van der Waals surface area contributed by atoms with Gasteiger partial charge in [0.15, 0.2) is 0 Å². The zero-order valence-electron chi connectivity index (χ0n) is 11.7. The van der Waals surface area contributed by atoms with E-state index >= 15 is 0 Å². The minimum atomic E-state index is -0.306. The van der Waals surface area contributed by atoms with E-state index in [1.165, 1.54) is 10.4 Å². The molecular formula is C17H19NOS. The predicted octanol–water partition coefficient (Wildman–Crippen LogP) is 4.51. The molecule has 1 aliphatic carbocycles. The molecule has 0 unspecified atom stereocenters. The lowest BCUT2D eigenvalue weighted by Gasteiger charge is -2.26. The lowest BCUT2D eigenvalue weighted by Crippen LogP contribution is -2.37. The zero-order valence-corrected chi connectivity index (χ0v) is 12.5. The van der Waals surface area contributed by atoms with E-state index in [0.717, 1.165) is 31.4 Å². The number of hydrogen-bond acceptors (Lipinski definition) is 2. The molecule has 1 aromatic carbocycles.